The fourth-order valence-electron chi connectivity index (χ4n) is 1.77. The lowest BCUT2D eigenvalue weighted by atomic mass is 10.00. The number of nitrogens with two attached hydrogens (primary N) is 1. The average molecular weight is 234 g/mol. The molecule has 17 heavy (non-hydrogen) atoms. The van der Waals surface area contributed by atoms with Crippen LogP contribution in [-0.2, 0) is 11.2 Å². The van der Waals surface area contributed by atoms with Crippen LogP contribution < -0.4 is 11.1 Å². The molecule has 1 aromatic carbocycles. The molecule has 0 unspecified atom stereocenters. The molecule has 0 fully saturated rings. The Morgan fingerprint density at radius 2 is 1.82 bits per heavy atom. The quantitative estimate of drug-likeness (QED) is 0.833. The van der Waals surface area contributed by atoms with Gasteiger partial charge in [-0.2, -0.15) is 0 Å². The van der Waals surface area contributed by atoms with E-state index in [-0.39, 0.29) is 5.91 Å². The van der Waals surface area contributed by atoms with Crippen molar-refractivity contribution in [2.45, 2.75) is 39.7 Å². The van der Waals surface area contributed by atoms with Gasteiger partial charge in [0, 0.05) is 6.54 Å². The third-order valence-electron chi connectivity index (χ3n) is 2.89. The Morgan fingerprint density at radius 1 is 1.29 bits per heavy atom. The Bertz CT molecular complexity index is 385. The highest BCUT2D eigenvalue weighted by atomic mass is 16.2. The summed E-state index contributed by atoms with van der Waals surface area (Å²) in [5.41, 5.74) is 8.75. The summed E-state index contributed by atoms with van der Waals surface area (Å²) >= 11 is 0. The van der Waals surface area contributed by atoms with Crippen LogP contribution in [0.1, 0.15) is 30.5 Å². The summed E-state index contributed by atoms with van der Waals surface area (Å²) < 4.78 is 0. The van der Waals surface area contributed by atoms with Crippen molar-refractivity contribution in [3.63, 3.8) is 0 Å². The van der Waals surface area contributed by atoms with E-state index in [0.29, 0.717) is 6.54 Å². The number of carbonyl (C=O) groups excluding carboxylic acids is 1. The molecule has 0 aliphatic rings. The second-order valence-corrected chi connectivity index (χ2v) is 5.10. The normalized spacial score (nSPS) is 11.4. The predicted molar refractivity (Wildman–Crippen MR) is 70.9 cm³/mol. The van der Waals surface area contributed by atoms with Crippen LogP contribution >= 0.6 is 0 Å². The molecule has 1 rings (SSSR count). The summed E-state index contributed by atoms with van der Waals surface area (Å²) in [5.74, 6) is -0.108. The van der Waals surface area contributed by atoms with Gasteiger partial charge in [-0.25, -0.2) is 0 Å². The van der Waals surface area contributed by atoms with Crippen molar-refractivity contribution in [3.8, 4) is 0 Å². The minimum Gasteiger partial charge on any atom is -0.354 e. The zero-order valence-corrected chi connectivity index (χ0v) is 11.1. The van der Waals surface area contributed by atoms with Gasteiger partial charge in [-0.1, -0.05) is 18.2 Å². The Balaban J connectivity index is 2.55. The molecular weight excluding hydrogens is 212 g/mol. The van der Waals surface area contributed by atoms with Crippen LogP contribution in [0, 0.1) is 13.8 Å². The Morgan fingerprint density at radius 3 is 2.29 bits per heavy atom. The van der Waals surface area contributed by atoms with E-state index in [2.05, 4.69) is 37.4 Å². The summed E-state index contributed by atoms with van der Waals surface area (Å²) in [7, 11) is 0. The molecule has 0 radical (unpaired) electrons. The Hall–Kier alpha value is -1.35. The summed E-state index contributed by atoms with van der Waals surface area (Å²) in [4.78, 5) is 11.6. The van der Waals surface area contributed by atoms with Gasteiger partial charge in [-0.3, -0.25) is 4.79 Å². The highest BCUT2D eigenvalue weighted by molar-refractivity contribution is 5.85. The molecule has 0 aliphatic heterocycles. The maximum atomic E-state index is 11.6. The van der Waals surface area contributed by atoms with Gasteiger partial charge in [-0.15, -0.1) is 0 Å². The lowest BCUT2D eigenvalue weighted by Gasteiger charge is -2.18. The average Bonchev–Trinajstić information content (AvgIpc) is 2.20. The molecule has 94 valence electrons. The summed E-state index contributed by atoms with van der Waals surface area (Å²) in [6.45, 7) is 8.24. The highest BCUT2D eigenvalue weighted by Gasteiger charge is 2.20. The van der Waals surface area contributed by atoms with Gasteiger partial charge in [0.15, 0.2) is 0 Å². The molecule has 0 bridgehead atoms. The second kappa shape index (κ2) is 5.32. The van der Waals surface area contributed by atoms with Crippen LogP contribution in [-0.4, -0.2) is 18.0 Å². The van der Waals surface area contributed by atoms with E-state index in [0.717, 1.165) is 6.42 Å². The lowest BCUT2D eigenvalue weighted by Crippen LogP contribution is -2.49. The smallest absolute Gasteiger partial charge is 0.239 e. The molecular formula is C14H22N2O. The third-order valence-corrected chi connectivity index (χ3v) is 2.89. The third kappa shape index (κ3) is 3.86. The number of benzene rings is 1. The minimum absolute atomic E-state index is 0.108. The van der Waals surface area contributed by atoms with Crippen LogP contribution in [0.25, 0.3) is 0 Å². The van der Waals surface area contributed by atoms with Gasteiger partial charge in [0.05, 0.1) is 5.54 Å². The van der Waals surface area contributed by atoms with E-state index in [1.165, 1.54) is 16.7 Å². The van der Waals surface area contributed by atoms with Gasteiger partial charge in [0.1, 0.15) is 0 Å². The molecule has 0 saturated carbocycles. The maximum absolute atomic E-state index is 11.6. The zero-order chi connectivity index (χ0) is 13.1. The molecule has 0 aliphatic carbocycles. The van der Waals surface area contributed by atoms with Gasteiger partial charge < -0.3 is 11.1 Å². The van der Waals surface area contributed by atoms with Gasteiger partial charge >= 0.3 is 0 Å². The van der Waals surface area contributed by atoms with Gasteiger partial charge in [0.2, 0.25) is 5.91 Å². The molecule has 0 heterocycles. The topological polar surface area (TPSA) is 55.1 Å². The van der Waals surface area contributed by atoms with Crippen LogP contribution in [0.4, 0.5) is 0 Å². The van der Waals surface area contributed by atoms with Gasteiger partial charge in [-0.05, 0) is 50.8 Å². The molecule has 0 saturated heterocycles. The molecule has 1 amide bonds. The molecule has 0 spiro atoms. The van der Waals surface area contributed by atoms with Crippen LogP contribution in [0.15, 0.2) is 18.2 Å². The van der Waals surface area contributed by atoms with E-state index in [4.69, 9.17) is 5.73 Å². The fraction of sp³-hybridized carbons (Fsp3) is 0.500. The largest absolute Gasteiger partial charge is 0.354 e. The fourth-order valence-corrected chi connectivity index (χ4v) is 1.77. The molecule has 1 aromatic rings. The molecule has 0 atom stereocenters. The highest BCUT2D eigenvalue weighted by Crippen LogP contribution is 2.13. The SMILES string of the molecule is Cc1cccc(C)c1CCNC(=O)C(C)(C)N. The minimum atomic E-state index is -0.805. The number of hydrogen-bond acceptors (Lipinski definition) is 2. The number of amides is 1. The van der Waals surface area contributed by atoms with E-state index in [9.17, 15) is 4.79 Å². The van der Waals surface area contributed by atoms with Crippen molar-refractivity contribution in [3.05, 3.63) is 34.9 Å². The van der Waals surface area contributed by atoms with Crippen molar-refractivity contribution >= 4 is 5.91 Å². The van der Waals surface area contributed by atoms with Crippen LogP contribution in [0.5, 0.6) is 0 Å². The second-order valence-electron chi connectivity index (χ2n) is 5.10. The summed E-state index contributed by atoms with van der Waals surface area (Å²) in [6, 6.07) is 6.24. The van der Waals surface area contributed by atoms with E-state index in [1.807, 2.05) is 0 Å². The van der Waals surface area contributed by atoms with Gasteiger partial charge in [0.25, 0.3) is 0 Å². The first kappa shape index (κ1) is 13.7. The summed E-state index contributed by atoms with van der Waals surface area (Å²) in [6.07, 6.45) is 0.848. The van der Waals surface area contributed by atoms with Crippen molar-refractivity contribution < 1.29 is 4.79 Å². The molecule has 3 nitrogen and oxygen atoms in total. The standard InChI is InChI=1S/C14H22N2O/c1-10-6-5-7-11(2)12(10)8-9-16-13(17)14(3,4)15/h5-7H,8-9,15H2,1-4H3,(H,16,17). The number of hydrogen-bond donors (Lipinski definition) is 2. The van der Waals surface area contributed by atoms with Crippen LogP contribution in [0.2, 0.25) is 0 Å². The molecule has 0 aromatic heterocycles. The number of nitrogens with one attached hydrogen (secondary N) is 1. The monoisotopic (exact) mass is 234 g/mol. The first-order valence-electron chi connectivity index (χ1n) is 5.94. The van der Waals surface area contributed by atoms with E-state index < -0.39 is 5.54 Å². The maximum Gasteiger partial charge on any atom is 0.239 e. The zero-order valence-electron chi connectivity index (χ0n) is 11.1. The van der Waals surface area contributed by atoms with E-state index >= 15 is 0 Å². The van der Waals surface area contributed by atoms with Crippen LogP contribution in [0.3, 0.4) is 0 Å². The van der Waals surface area contributed by atoms with Crippen molar-refractivity contribution in [2.75, 3.05) is 6.54 Å². The molecule has 3 N–H and O–H groups in total. The number of carbonyl (C=O) groups is 1. The first-order chi connectivity index (χ1) is 7.82. The van der Waals surface area contributed by atoms with Crippen molar-refractivity contribution in [1.29, 1.82) is 0 Å². The Labute approximate surface area is 103 Å². The van der Waals surface area contributed by atoms with E-state index in [1.54, 1.807) is 13.8 Å². The Kier molecular flexibility index (Phi) is 4.29. The van der Waals surface area contributed by atoms with Crippen molar-refractivity contribution in [1.82, 2.24) is 5.32 Å². The predicted octanol–water partition coefficient (Wildman–Crippen LogP) is 1.70. The summed E-state index contributed by atoms with van der Waals surface area (Å²) in [5, 5.41) is 2.86. The van der Waals surface area contributed by atoms with Crippen molar-refractivity contribution in [2.24, 2.45) is 5.73 Å². The lowest BCUT2D eigenvalue weighted by molar-refractivity contribution is -0.125. The first-order valence-corrected chi connectivity index (χ1v) is 5.94. The molecule has 3 heteroatoms. The number of aryl methyl sites for hydroxylation is 2. The number of rotatable bonds is 4.